The summed E-state index contributed by atoms with van der Waals surface area (Å²) in [7, 11) is 0. The van der Waals surface area contributed by atoms with Crippen LogP contribution in [0.2, 0.25) is 0 Å². The third kappa shape index (κ3) is 4.58. The van der Waals surface area contributed by atoms with Crippen LogP contribution in [0.15, 0.2) is 71.9 Å². The van der Waals surface area contributed by atoms with E-state index >= 15 is 4.39 Å². The summed E-state index contributed by atoms with van der Waals surface area (Å²) in [5.41, 5.74) is 2.83. The molecule has 1 atom stereocenters. The second kappa shape index (κ2) is 8.73. The van der Waals surface area contributed by atoms with Gasteiger partial charge in [-0.2, -0.15) is 0 Å². The highest BCUT2D eigenvalue weighted by atomic mass is 19.1. The van der Waals surface area contributed by atoms with Crippen molar-refractivity contribution in [3.8, 4) is 11.5 Å². The van der Waals surface area contributed by atoms with Crippen molar-refractivity contribution in [1.82, 2.24) is 0 Å². The Hall–Kier alpha value is -3.87. The molecule has 1 heterocycles. The number of benzene rings is 3. The average Bonchev–Trinajstić information content (AvgIpc) is 2.94. The van der Waals surface area contributed by atoms with E-state index < -0.39 is 11.9 Å². The number of carbonyl (C=O) groups is 1. The normalized spacial score (nSPS) is 18.6. The molecule has 0 bridgehead atoms. The van der Waals surface area contributed by atoms with Crippen molar-refractivity contribution in [2.75, 3.05) is 10.6 Å². The molecule has 0 spiro atoms. The van der Waals surface area contributed by atoms with Gasteiger partial charge in [0.05, 0.1) is 11.7 Å². The number of para-hydroxylation sites is 1. The summed E-state index contributed by atoms with van der Waals surface area (Å²) < 4.78 is 34.6. The molecule has 3 aromatic rings. The van der Waals surface area contributed by atoms with E-state index in [-0.39, 0.29) is 29.4 Å². The maximum Gasteiger partial charge on any atom is 0.163 e. The van der Waals surface area contributed by atoms with Crippen LogP contribution in [0.4, 0.5) is 20.2 Å². The molecule has 0 aromatic heterocycles. The number of fused-ring (bicyclic) bond motifs is 1. The Morgan fingerprint density at radius 3 is 2.63 bits per heavy atom. The molecule has 1 aliphatic heterocycles. The van der Waals surface area contributed by atoms with E-state index in [1.54, 1.807) is 42.5 Å². The third-order valence-electron chi connectivity index (χ3n) is 6.40. The molecular formula is C28H26F2N2O3. The Labute approximate surface area is 202 Å². The van der Waals surface area contributed by atoms with Gasteiger partial charge < -0.3 is 20.5 Å². The minimum absolute atomic E-state index is 0.0416. The van der Waals surface area contributed by atoms with Gasteiger partial charge in [0, 0.05) is 29.3 Å². The highest BCUT2D eigenvalue weighted by molar-refractivity contribution is 6.01. The van der Waals surface area contributed by atoms with Crippen LogP contribution < -0.4 is 15.4 Å². The maximum absolute atomic E-state index is 15.5. The summed E-state index contributed by atoms with van der Waals surface area (Å²) in [6, 6.07) is 14.8. The Morgan fingerprint density at radius 1 is 1.06 bits per heavy atom. The fraction of sp³-hybridized carbons (Fsp3) is 0.250. The number of hydrogen-bond acceptors (Lipinski definition) is 5. The zero-order chi connectivity index (χ0) is 24.7. The van der Waals surface area contributed by atoms with Gasteiger partial charge in [0.2, 0.25) is 0 Å². The molecule has 2 aliphatic rings. The SMILES string of the molecule is CC1(C)CC(=O)C2=C(C1)Nc1c(O)cccc1NC2c1ccc(OCc2cccc(F)c2)cc1F. The van der Waals surface area contributed by atoms with E-state index in [4.69, 9.17) is 4.74 Å². The minimum Gasteiger partial charge on any atom is -0.506 e. The highest BCUT2D eigenvalue weighted by Gasteiger charge is 2.39. The lowest BCUT2D eigenvalue weighted by molar-refractivity contribution is -0.118. The summed E-state index contributed by atoms with van der Waals surface area (Å²) in [5, 5.41) is 17.0. The molecule has 1 unspecified atom stereocenters. The van der Waals surface area contributed by atoms with Crippen molar-refractivity contribution >= 4 is 17.2 Å². The van der Waals surface area contributed by atoms with Crippen LogP contribution in [0, 0.1) is 17.0 Å². The fourth-order valence-corrected chi connectivity index (χ4v) is 4.81. The van der Waals surface area contributed by atoms with Gasteiger partial charge in [-0.1, -0.05) is 32.0 Å². The standard InChI is InChI=1S/C28H26F2N2O3/c1-28(2)13-22-25(24(34)14-28)26(31-21-7-4-8-23(33)27(21)32-22)19-10-9-18(12-20(19)30)35-15-16-5-3-6-17(29)11-16/h3-12,26,31-33H,13-15H2,1-2H3. The van der Waals surface area contributed by atoms with Crippen LogP contribution in [-0.2, 0) is 11.4 Å². The zero-order valence-corrected chi connectivity index (χ0v) is 19.5. The Bertz CT molecular complexity index is 1350. The van der Waals surface area contributed by atoms with Gasteiger partial charge in [-0.3, -0.25) is 4.79 Å². The topological polar surface area (TPSA) is 70.6 Å². The number of Topliss-reactive ketones (excluding diaryl/α,β-unsaturated/α-hetero) is 1. The van der Waals surface area contributed by atoms with Crippen molar-refractivity contribution in [3.05, 3.63) is 94.7 Å². The summed E-state index contributed by atoms with van der Waals surface area (Å²) >= 11 is 0. The predicted molar refractivity (Wildman–Crippen MR) is 130 cm³/mol. The first-order valence-corrected chi connectivity index (χ1v) is 11.5. The second-order valence-electron chi connectivity index (χ2n) is 9.84. The number of phenolic OH excluding ortho intramolecular Hbond substituents is 1. The largest absolute Gasteiger partial charge is 0.506 e. The van der Waals surface area contributed by atoms with Gasteiger partial charge in [0.1, 0.15) is 35.4 Å². The first-order chi connectivity index (χ1) is 16.7. The lowest BCUT2D eigenvalue weighted by Gasteiger charge is -2.34. The van der Waals surface area contributed by atoms with E-state index in [9.17, 15) is 14.3 Å². The number of hydrogen-bond donors (Lipinski definition) is 3. The van der Waals surface area contributed by atoms with Crippen LogP contribution in [0.3, 0.4) is 0 Å². The summed E-state index contributed by atoms with van der Waals surface area (Å²) in [6.07, 6.45) is 0.918. The van der Waals surface area contributed by atoms with Crippen molar-refractivity contribution in [2.24, 2.45) is 5.41 Å². The number of halogens is 2. The van der Waals surface area contributed by atoms with Crippen molar-refractivity contribution in [3.63, 3.8) is 0 Å². The smallest absolute Gasteiger partial charge is 0.163 e. The van der Waals surface area contributed by atoms with Crippen LogP contribution >= 0.6 is 0 Å². The lowest BCUT2D eigenvalue weighted by atomic mass is 9.73. The molecule has 7 heteroatoms. The molecule has 0 fully saturated rings. The maximum atomic E-state index is 15.5. The molecule has 3 N–H and O–H groups in total. The van der Waals surface area contributed by atoms with Gasteiger partial charge >= 0.3 is 0 Å². The van der Waals surface area contributed by atoms with Crippen LogP contribution in [0.25, 0.3) is 0 Å². The van der Waals surface area contributed by atoms with Gasteiger partial charge in [-0.05, 0) is 53.8 Å². The van der Waals surface area contributed by atoms with Crippen LogP contribution in [0.5, 0.6) is 11.5 Å². The number of nitrogens with one attached hydrogen (secondary N) is 2. The lowest BCUT2D eigenvalue weighted by Crippen LogP contribution is -2.31. The van der Waals surface area contributed by atoms with Crippen molar-refractivity contribution < 1.29 is 23.4 Å². The molecule has 35 heavy (non-hydrogen) atoms. The first-order valence-electron chi connectivity index (χ1n) is 11.5. The molecule has 1 aliphatic carbocycles. The summed E-state index contributed by atoms with van der Waals surface area (Å²) in [6.45, 7) is 4.12. The number of phenols is 1. The first kappa shape index (κ1) is 22.9. The number of carbonyl (C=O) groups excluding carboxylic acids is 1. The number of anilines is 2. The predicted octanol–water partition coefficient (Wildman–Crippen LogP) is 6.47. The Kier molecular flexibility index (Phi) is 5.71. The van der Waals surface area contributed by atoms with E-state index in [2.05, 4.69) is 10.6 Å². The molecule has 0 amide bonds. The van der Waals surface area contributed by atoms with E-state index in [1.165, 1.54) is 18.2 Å². The molecule has 5 rings (SSSR count). The number of allylic oxidation sites excluding steroid dienone is 1. The average molecular weight is 477 g/mol. The molecule has 180 valence electrons. The number of rotatable bonds is 4. The van der Waals surface area contributed by atoms with Gasteiger partial charge in [-0.15, -0.1) is 0 Å². The number of ether oxygens (including phenoxy) is 1. The molecule has 0 saturated carbocycles. The van der Waals surface area contributed by atoms with Gasteiger partial charge in [0.25, 0.3) is 0 Å². The zero-order valence-electron chi connectivity index (χ0n) is 19.5. The monoisotopic (exact) mass is 476 g/mol. The quantitative estimate of drug-likeness (QED) is 0.377. The summed E-state index contributed by atoms with van der Waals surface area (Å²) in [4.78, 5) is 13.3. The second-order valence-corrected chi connectivity index (χ2v) is 9.84. The van der Waals surface area contributed by atoms with E-state index in [0.717, 1.165) is 0 Å². The van der Waals surface area contributed by atoms with Crippen molar-refractivity contribution in [1.29, 1.82) is 0 Å². The summed E-state index contributed by atoms with van der Waals surface area (Å²) in [5.74, 6) is -0.631. The molecule has 0 saturated heterocycles. The Morgan fingerprint density at radius 2 is 1.86 bits per heavy atom. The third-order valence-corrected chi connectivity index (χ3v) is 6.40. The van der Waals surface area contributed by atoms with E-state index in [0.29, 0.717) is 52.4 Å². The fourth-order valence-electron chi connectivity index (χ4n) is 4.81. The molecular weight excluding hydrogens is 450 g/mol. The minimum atomic E-state index is -0.749. The van der Waals surface area contributed by atoms with Crippen LogP contribution in [-0.4, -0.2) is 10.9 Å². The Balaban J connectivity index is 1.51. The molecule has 0 radical (unpaired) electrons. The highest BCUT2D eigenvalue weighted by Crippen LogP contribution is 2.47. The van der Waals surface area contributed by atoms with Gasteiger partial charge in [-0.25, -0.2) is 8.78 Å². The van der Waals surface area contributed by atoms with Crippen LogP contribution in [0.1, 0.15) is 43.9 Å². The van der Waals surface area contributed by atoms with E-state index in [1.807, 2.05) is 13.8 Å². The number of ketones is 1. The van der Waals surface area contributed by atoms with Crippen molar-refractivity contribution in [2.45, 2.75) is 39.3 Å². The van der Waals surface area contributed by atoms with Gasteiger partial charge in [0.15, 0.2) is 5.78 Å². The molecule has 5 nitrogen and oxygen atoms in total. The molecule has 3 aromatic carbocycles. The number of aromatic hydroxyl groups is 1.